The number of nitrogens with one attached hydrogen (secondary N) is 1. The van der Waals surface area contributed by atoms with E-state index < -0.39 is 0 Å². The lowest BCUT2D eigenvalue weighted by atomic mass is 10.0. The van der Waals surface area contributed by atoms with Crippen LogP contribution in [0.3, 0.4) is 0 Å². The van der Waals surface area contributed by atoms with Gasteiger partial charge in [0.2, 0.25) is 0 Å². The Bertz CT molecular complexity index is 589. The van der Waals surface area contributed by atoms with Crippen molar-refractivity contribution < 1.29 is 0 Å². The first-order chi connectivity index (χ1) is 9.74. The molecule has 1 nitrogen and oxygen atoms in total. The monoisotopic (exact) mass is 285 g/mol. The van der Waals surface area contributed by atoms with E-state index in [2.05, 4.69) is 42.6 Å². The standard InChI is InChI=1S/C18H20ClN/c1-13(15-6-4-7-17(19)11-15)20-12-16-5-2-3-8-18(16)14-9-10-14/h2-8,11,13-14,20H,9-10,12H2,1H3. The van der Waals surface area contributed by atoms with Gasteiger partial charge in [0.1, 0.15) is 0 Å². The highest BCUT2D eigenvalue weighted by molar-refractivity contribution is 6.30. The maximum absolute atomic E-state index is 6.05. The molecule has 1 unspecified atom stereocenters. The predicted octanol–water partition coefficient (Wildman–Crippen LogP) is 5.07. The largest absolute Gasteiger partial charge is 0.306 e. The highest BCUT2D eigenvalue weighted by atomic mass is 35.5. The zero-order valence-electron chi connectivity index (χ0n) is 11.8. The topological polar surface area (TPSA) is 12.0 Å². The molecule has 1 saturated carbocycles. The number of benzene rings is 2. The van der Waals surface area contributed by atoms with Crippen molar-refractivity contribution in [2.45, 2.75) is 38.3 Å². The molecule has 2 aromatic rings. The lowest BCUT2D eigenvalue weighted by Crippen LogP contribution is -2.18. The van der Waals surface area contributed by atoms with E-state index in [1.54, 1.807) is 0 Å². The number of hydrogen-bond donors (Lipinski definition) is 1. The molecule has 1 fully saturated rings. The fraction of sp³-hybridized carbons (Fsp3) is 0.333. The van der Waals surface area contributed by atoms with Gasteiger partial charge in [-0.3, -0.25) is 0 Å². The highest BCUT2D eigenvalue weighted by Gasteiger charge is 2.25. The summed E-state index contributed by atoms with van der Waals surface area (Å²) in [7, 11) is 0. The molecule has 3 rings (SSSR count). The third kappa shape index (κ3) is 3.23. The van der Waals surface area contributed by atoms with Gasteiger partial charge >= 0.3 is 0 Å². The molecule has 2 aromatic carbocycles. The first kappa shape index (κ1) is 13.7. The third-order valence-electron chi connectivity index (χ3n) is 4.02. The van der Waals surface area contributed by atoms with Crippen LogP contribution in [-0.2, 0) is 6.54 Å². The molecule has 1 atom stereocenters. The molecule has 20 heavy (non-hydrogen) atoms. The Kier molecular flexibility index (Phi) is 4.09. The molecule has 0 amide bonds. The van der Waals surface area contributed by atoms with Gasteiger partial charge < -0.3 is 5.32 Å². The summed E-state index contributed by atoms with van der Waals surface area (Å²) >= 11 is 6.05. The molecule has 0 aliphatic heterocycles. The van der Waals surface area contributed by atoms with Crippen LogP contribution in [0.2, 0.25) is 5.02 Å². The zero-order chi connectivity index (χ0) is 13.9. The van der Waals surface area contributed by atoms with Crippen LogP contribution < -0.4 is 5.32 Å². The Balaban J connectivity index is 1.67. The van der Waals surface area contributed by atoms with Gasteiger partial charge in [0.05, 0.1) is 0 Å². The van der Waals surface area contributed by atoms with Crippen molar-refractivity contribution in [3.8, 4) is 0 Å². The maximum Gasteiger partial charge on any atom is 0.0409 e. The summed E-state index contributed by atoms with van der Waals surface area (Å²) in [6.45, 7) is 3.10. The zero-order valence-corrected chi connectivity index (χ0v) is 12.5. The van der Waals surface area contributed by atoms with Gasteiger partial charge in [0.25, 0.3) is 0 Å². The molecule has 1 aliphatic carbocycles. The van der Waals surface area contributed by atoms with Gasteiger partial charge in [-0.05, 0) is 54.5 Å². The summed E-state index contributed by atoms with van der Waals surface area (Å²) in [5.74, 6) is 0.800. The van der Waals surface area contributed by atoms with Gasteiger partial charge in [0.15, 0.2) is 0 Å². The van der Waals surface area contributed by atoms with Crippen molar-refractivity contribution >= 4 is 11.6 Å². The fourth-order valence-corrected chi connectivity index (χ4v) is 2.84. The minimum Gasteiger partial charge on any atom is -0.306 e. The van der Waals surface area contributed by atoms with Crippen LogP contribution in [0.4, 0.5) is 0 Å². The first-order valence-electron chi connectivity index (χ1n) is 7.30. The van der Waals surface area contributed by atoms with Crippen LogP contribution in [0.1, 0.15) is 48.4 Å². The second-order valence-corrected chi connectivity index (χ2v) is 6.07. The lowest BCUT2D eigenvalue weighted by Gasteiger charge is -2.16. The van der Waals surface area contributed by atoms with Crippen LogP contribution >= 0.6 is 11.6 Å². The van der Waals surface area contributed by atoms with E-state index >= 15 is 0 Å². The molecule has 1 aliphatic rings. The minimum atomic E-state index is 0.306. The Morgan fingerprint density at radius 1 is 1.15 bits per heavy atom. The molecule has 0 spiro atoms. The minimum absolute atomic E-state index is 0.306. The van der Waals surface area contributed by atoms with E-state index in [1.807, 2.05) is 18.2 Å². The Morgan fingerprint density at radius 3 is 2.70 bits per heavy atom. The number of halogens is 1. The first-order valence-corrected chi connectivity index (χ1v) is 7.68. The highest BCUT2D eigenvalue weighted by Crippen LogP contribution is 2.41. The summed E-state index contributed by atoms with van der Waals surface area (Å²) in [4.78, 5) is 0. The van der Waals surface area contributed by atoms with Crippen molar-refractivity contribution in [2.24, 2.45) is 0 Å². The van der Waals surface area contributed by atoms with E-state index in [4.69, 9.17) is 11.6 Å². The van der Waals surface area contributed by atoms with Gasteiger partial charge in [-0.2, -0.15) is 0 Å². The lowest BCUT2D eigenvalue weighted by molar-refractivity contribution is 0.572. The van der Waals surface area contributed by atoms with E-state index in [9.17, 15) is 0 Å². The smallest absolute Gasteiger partial charge is 0.0409 e. The summed E-state index contributed by atoms with van der Waals surface area (Å²) in [6, 6.07) is 17.2. The molecule has 0 aromatic heterocycles. The molecule has 0 saturated heterocycles. The second kappa shape index (κ2) is 5.99. The van der Waals surface area contributed by atoms with E-state index in [1.165, 1.54) is 29.5 Å². The van der Waals surface area contributed by atoms with Crippen LogP contribution in [-0.4, -0.2) is 0 Å². The molecule has 0 heterocycles. The Labute approximate surface area is 126 Å². The summed E-state index contributed by atoms with van der Waals surface area (Å²) in [5, 5.41) is 4.41. The van der Waals surface area contributed by atoms with Crippen molar-refractivity contribution in [2.75, 3.05) is 0 Å². The maximum atomic E-state index is 6.05. The fourth-order valence-electron chi connectivity index (χ4n) is 2.64. The average Bonchev–Trinajstić information content (AvgIpc) is 3.29. The van der Waals surface area contributed by atoms with Crippen LogP contribution in [0.25, 0.3) is 0 Å². The predicted molar refractivity (Wildman–Crippen MR) is 85.1 cm³/mol. The summed E-state index contributed by atoms with van der Waals surface area (Å²) in [5.41, 5.74) is 4.20. The summed E-state index contributed by atoms with van der Waals surface area (Å²) in [6.07, 6.45) is 2.70. The number of rotatable bonds is 5. The quantitative estimate of drug-likeness (QED) is 0.809. The summed E-state index contributed by atoms with van der Waals surface area (Å²) < 4.78 is 0. The SMILES string of the molecule is CC(NCc1ccccc1C1CC1)c1cccc(Cl)c1. The van der Waals surface area contributed by atoms with Gasteiger partial charge in [-0.25, -0.2) is 0 Å². The van der Waals surface area contributed by atoms with Gasteiger partial charge in [-0.1, -0.05) is 48.0 Å². The van der Waals surface area contributed by atoms with Crippen molar-refractivity contribution in [3.63, 3.8) is 0 Å². The van der Waals surface area contributed by atoms with Crippen molar-refractivity contribution in [1.82, 2.24) is 5.32 Å². The van der Waals surface area contributed by atoms with E-state index in [0.717, 1.165) is 17.5 Å². The van der Waals surface area contributed by atoms with Crippen molar-refractivity contribution in [3.05, 3.63) is 70.2 Å². The molecule has 0 bridgehead atoms. The van der Waals surface area contributed by atoms with Gasteiger partial charge in [0, 0.05) is 17.6 Å². The molecular formula is C18H20ClN. The molecule has 104 valence electrons. The third-order valence-corrected chi connectivity index (χ3v) is 4.25. The number of hydrogen-bond acceptors (Lipinski definition) is 1. The normalized spacial score (nSPS) is 16.1. The van der Waals surface area contributed by atoms with Crippen LogP contribution in [0, 0.1) is 0 Å². The molecule has 0 radical (unpaired) electrons. The average molecular weight is 286 g/mol. The molecule has 1 N–H and O–H groups in total. The van der Waals surface area contributed by atoms with Gasteiger partial charge in [-0.15, -0.1) is 0 Å². The Hall–Kier alpha value is -1.31. The van der Waals surface area contributed by atoms with E-state index in [0.29, 0.717) is 6.04 Å². The van der Waals surface area contributed by atoms with E-state index in [-0.39, 0.29) is 0 Å². The molecule has 2 heteroatoms. The second-order valence-electron chi connectivity index (χ2n) is 5.63. The molecular weight excluding hydrogens is 266 g/mol. The van der Waals surface area contributed by atoms with Crippen LogP contribution in [0.5, 0.6) is 0 Å². The van der Waals surface area contributed by atoms with Crippen LogP contribution in [0.15, 0.2) is 48.5 Å². The Morgan fingerprint density at radius 2 is 1.95 bits per heavy atom. The van der Waals surface area contributed by atoms with Crippen molar-refractivity contribution in [1.29, 1.82) is 0 Å².